The van der Waals surface area contributed by atoms with Gasteiger partial charge in [0, 0.05) is 11.6 Å². The van der Waals surface area contributed by atoms with E-state index in [1.54, 1.807) is 29.7 Å². The molecule has 3 heterocycles. The largest absolute Gasteiger partial charge is 0.493 e. The normalized spacial score (nSPS) is 20.5. The molecule has 1 fully saturated rings. The van der Waals surface area contributed by atoms with Crippen molar-refractivity contribution < 1.29 is 28.2 Å². The number of aromatic hydroxyl groups is 1. The van der Waals surface area contributed by atoms with Crippen molar-refractivity contribution in [2.45, 2.75) is 44.0 Å². The molecule has 5 rings (SSSR count). The van der Waals surface area contributed by atoms with E-state index in [1.807, 2.05) is 16.7 Å². The molecule has 11 heteroatoms. The first kappa shape index (κ1) is 23.0. The van der Waals surface area contributed by atoms with Crippen molar-refractivity contribution in [2.75, 3.05) is 5.32 Å². The fraction of sp³-hybridized carbons (Fsp3) is 0.333. The van der Waals surface area contributed by atoms with Crippen molar-refractivity contribution in [3.05, 3.63) is 54.5 Å². The lowest BCUT2D eigenvalue weighted by molar-refractivity contribution is -0.167. The van der Waals surface area contributed by atoms with E-state index in [0.29, 0.717) is 29.4 Å². The SMILES string of the molecule is O=C(Nc1ccc2ccc(CC[C@@H]3C[C@@H](O)[C@H](n4ccc5c(O)ncnc54)C3)cc2n1)C(F)(F)F. The van der Waals surface area contributed by atoms with Gasteiger partial charge < -0.3 is 20.1 Å². The Hall–Kier alpha value is -3.73. The summed E-state index contributed by atoms with van der Waals surface area (Å²) in [6.07, 6.45) is 0.448. The number of pyridine rings is 1. The minimum atomic E-state index is -4.98. The number of hydrogen-bond acceptors (Lipinski definition) is 6. The fourth-order valence-corrected chi connectivity index (χ4v) is 4.80. The lowest BCUT2D eigenvalue weighted by atomic mass is 9.97. The number of nitrogens with zero attached hydrogens (tertiary/aromatic N) is 4. The van der Waals surface area contributed by atoms with Gasteiger partial charge in [-0.1, -0.05) is 12.1 Å². The van der Waals surface area contributed by atoms with E-state index in [4.69, 9.17) is 0 Å². The average Bonchev–Trinajstić information content (AvgIpc) is 3.40. The predicted molar refractivity (Wildman–Crippen MR) is 122 cm³/mol. The summed E-state index contributed by atoms with van der Waals surface area (Å²) in [4.78, 5) is 23.4. The van der Waals surface area contributed by atoms with Crippen molar-refractivity contribution in [3.8, 4) is 5.88 Å². The molecule has 1 aromatic carbocycles. The number of benzene rings is 1. The minimum absolute atomic E-state index is 0.0937. The Morgan fingerprint density at radius 1 is 1.14 bits per heavy atom. The number of anilines is 1. The molecule has 1 aliphatic carbocycles. The molecule has 4 aromatic rings. The second kappa shape index (κ2) is 8.81. The zero-order valence-corrected chi connectivity index (χ0v) is 18.4. The first-order valence-corrected chi connectivity index (χ1v) is 11.2. The summed E-state index contributed by atoms with van der Waals surface area (Å²) >= 11 is 0. The number of amides is 1. The lowest BCUT2D eigenvalue weighted by Gasteiger charge is -2.17. The minimum Gasteiger partial charge on any atom is -0.493 e. The zero-order chi connectivity index (χ0) is 24.7. The Labute approximate surface area is 197 Å². The monoisotopic (exact) mass is 485 g/mol. The van der Waals surface area contributed by atoms with Crippen molar-refractivity contribution in [1.82, 2.24) is 19.5 Å². The molecule has 0 spiro atoms. The average molecular weight is 485 g/mol. The highest BCUT2D eigenvalue weighted by Crippen LogP contribution is 2.39. The van der Waals surface area contributed by atoms with Gasteiger partial charge in [-0.25, -0.2) is 15.0 Å². The van der Waals surface area contributed by atoms with Crippen LogP contribution < -0.4 is 5.32 Å². The molecule has 3 atom stereocenters. The first-order chi connectivity index (χ1) is 16.7. The predicted octanol–water partition coefficient (Wildman–Crippen LogP) is 4.13. The van der Waals surface area contributed by atoms with Gasteiger partial charge in [-0.2, -0.15) is 13.2 Å². The van der Waals surface area contributed by atoms with Gasteiger partial charge in [0.1, 0.15) is 17.8 Å². The van der Waals surface area contributed by atoms with Gasteiger partial charge >= 0.3 is 12.1 Å². The van der Waals surface area contributed by atoms with Crippen molar-refractivity contribution in [3.63, 3.8) is 0 Å². The number of carbonyl (C=O) groups is 1. The van der Waals surface area contributed by atoms with E-state index in [-0.39, 0.29) is 23.7 Å². The molecule has 1 saturated carbocycles. The molecule has 3 N–H and O–H groups in total. The van der Waals surface area contributed by atoms with E-state index < -0.39 is 18.2 Å². The fourth-order valence-electron chi connectivity index (χ4n) is 4.80. The molecular formula is C24H22F3N5O3. The summed E-state index contributed by atoms with van der Waals surface area (Å²) in [5.41, 5.74) is 2.03. The van der Waals surface area contributed by atoms with Crippen LogP contribution in [0.4, 0.5) is 19.0 Å². The maximum absolute atomic E-state index is 12.5. The molecule has 0 radical (unpaired) electrons. The number of halogens is 3. The summed E-state index contributed by atoms with van der Waals surface area (Å²) in [6.45, 7) is 0. The summed E-state index contributed by atoms with van der Waals surface area (Å²) in [7, 11) is 0. The number of alkyl halides is 3. The second-order valence-corrected chi connectivity index (χ2v) is 8.84. The third kappa shape index (κ3) is 4.63. The zero-order valence-electron chi connectivity index (χ0n) is 18.4. The van der Waals surface area contributed by atoms with E-state index in [0.717, 1.165) is 23.8 Å². The number of aliphatic hydroxyl groups excluding tert-OH is 1. The number of aryl methyl sites for hydroxylation is 1. The van der Waals surface area contributed by atoms with Crippen molar-refractivity contribution in [1.29, 1.82) is 0 Å². The van der Waals surface area contributed by atoms with Crippen LogP contribution in [0.25, 0.3) is 21.9 Å². The number of carbonyl (C=O) groups excluding carboxylic acids is 1. The summed E-state index contributed by atoms with van der Waals surface area (Å²) in [5, 5.41) is 23.7. The topological polar surface area (TPSA) is 113 Å². The Balaban J connectivity index is 1.26. The maximum Gasteiger partial charge on any atom is 0.471 e. The number of aliphatic hydroxyl groups is 1. The number of rotatable bonds is 5. The van der Waals surface area contributed by atoms with Crippen molar-refractivity contribution >= 4 is 33.7 Å². The molecule has 35 heavy (non-hydrogen) atoms. The van der Waals surface area contributed by atoms with Gasteiger partial charge in [0.15, 0.2) is 0 Å². The van der Waals surface area contributed by atoms with Gasteiger partial charge in [-0.05, 0) is 61.4 Å². The van der Waals surface area contributed by atoms with Gasteiger partial charge in [0.2, 0.25) is 5.88 Å². The third-order valence-electron chi connectivity index (χ3n) is 6.54. The Morgan fingerprint density at radius 2 is 1.94 bits per heavy atom. The smallest absolute Gasteiger partial charge is 0.471 e. The Morgan fingerprint density at radius 3 is 2.74 bits per heavy atom. The van der Waals surface area contributed by atoms with Gasteiger partial charge in [-0.15, -0.1) is 0 Å². The van der Waals surface area contributed by atoms with Crippen LogP contribution in [0.3, 0.4) is 0 Å². The van der Waals surface area contributed by atoms with Gasteiger partial charge in [-0.3, -0.25) is 4.79 Å². The van der Waals surface area contributed by atoms with Crippen LogP contribution in [0.15, 0.2) is 48.9 Å². The van der Waals surface area contributed by atoms with Crippen LogP contribution in [0.1, 0.15) is 30.9 Å². The maximum atomic E-state index is 12.5. The lowest BCUT2D eigenvalue weighted by Crippen LogP contribution is -2.30. The van der Waals surface area contributed by atoms with Crippen LogP contribution in [0, 0.1) is 5.92 Å². The van der Waals surface area contributed by atoms with Crippen molar-refractivity contribution in [2.24, 2.45) is 5.92 Å². The van der Waals surface area contributed by atoms with Crippen LogP contribution in [-0.2, 0) is 11.2 Å². The van der Waals surface area contributed by atoms with Crippen LogP contribution in [0.2, 0.25) is 0 Å². The molecule has 1 amide bonds. The first-order valence-electron chi connectivity index (χ1n) is 11.2. The quantitative estimate of drug-likeness (QED) is 0.392. The van der Waals surface area contributed by atoms with Crippen LogP contribution in [0.5, 0.6) is 5.88 Å². The number of fused-ring (bicyclic) bond motifs is 2. The van der Waals surface area contributed by atoms with Gasteiger partial charge in [0.25, 0.3) is 0 Å². The third-order valence-corrected chi connectivity index (χ3v) is 6.54. The highest BCUT2D eigenvalue weighted by Gasteiger charge is 2.39. The van der Waals surface area contributed by atoms with E-state index in [2.05, 4.69) is 15.0 Å². The standard InChI is InChI=1S/C24H22F3N5O3/c25-24(26,27)23(35)31-20-6-5-15-4-3-13(9-17(15)30-20)1-2-14-10-18(19(33)11-14)32-8-7-16-21(32)28-12-29-22(16)34/h3-9,12,14,18-19,33H,1-2,10-11H2,(H,28,29,34)(H,30,31,35)/t14-,18+,19+/m0/s1. The summed E-state index contributed by atoms with van der Waals surface area (Å²) in [5.74, 6) is -2.06. The van der Waals surface area contributed by atoms with Crippen LogP contribution in [-0.4, -0.2) is 47.9 Å². The van der Waals surface area contributed by atoms with Crippen LogP contribution >= 0.6 is 0 Å². The summed E-state index contributed by atoms with van der Waals surface area (Å²) < 4.78 is 39.5. The molecule has 8 nitrogen and oxygen atoms in total. The molecule has 3 aromatic heterocycles. The molecule has 0 bridgehead atoms. The molecular weight excluding hydrogens is 463 g/mol. The summed E-state index contributed by atoms with van der Waals surface area (Å²) in [6, 6.07) is 10.1. The number of hydrogen-bond donors (Lipinski definition) is 3. The number of nitrogens with one attached hydrogen (secondary N) is 1. The molecule has 182 valence electrons. The molecule has 0 saturated heterocycles. The molecule has 0 unspecified atom stereocenters. The van der Waals surface area contributed by atoms with E-state index >= 15 is 0 Å². The number of aromatic nitrogens is 4. The Kier molecular flexibility index (Phi) is 5.79. The molecule has 0 aliphatic heterocycles. The van der Waals surface area contributed by atoms with E-state index in [9.17, 15) is 28.2 Å². The van der Waals surface area contributed by atoms with Gasteiger partial charge in [0.05, 0.1) is 23.0 Å². The highest BCUT2D eigenvalue weighted by atomic mass is 19.4. The highest BCUT2D eigenvalue weighted by molar-refractivity contribution is 5.95. The second-order valence-electron chi connectivity index (χ2n) is 8.84. The Bertz CT molecular complexity index is 1400. The van der Waals surface area contributed by atoms with E-state index in [1.165, 1.54) is 12.4 Å². The molecule has 1 aliphatic rings.